The average molecular weight is 312 g/mol. The van der Waals surface area contributed by atoms with Crippen LogP contribution in [0, 0.1) is 0 Å². The van der Waals surface area contributed by atoms with Crippen LogP contribution in [0.1, 0.15) is 24.8 Å². The van der Waals surface area contributed by atoms with E-state index in [1.165, 1.54) is 12.8 Å². The van der Waals surface area contributed by atoms with Crippen molar-refractivity contribution in [1.82, 2.24) is 5.32 Å². The number of anilines is 1. The van der Waals surface area contributed by atoms with Crippen molar-refractivity contribution in [2.75, 3.05) is 17.9 Å². The van der Waals surface area contributed by atoms with Crippen molar-refractivity contribution in [3.63, 3.8) is 0 Å². The summed E-state index contributed by atoms with van der Waals surface area (Å²) >= 11 is 0. The zero-order valence-electron chi connectivity index (χ0n) is 11.6. The Labute approximate surface area is 125 Å². The molecule has 1 aromatic rings. The van der Waals surface area contributed by atoms with Crippen LogP contribution in [0.3, 0.4) is 0 Å². The Morgan fingerprint density at radius 3 is 3.00 bits per heavy atom. The van der Waals surface area contributed by atoms with Crippen LogP contribution in [-0.2, 0) is 0 Å². The van der Waals surface area contributed by atoms with Gasteiger partial charge in [0.25, 0.3) is 0 Å². The van der Waals surface area contributed by atoms with Crippen LogP contribution in [0.5, 0.6) is 5.75 Å². The number of rotatable bonds is 3. The Balaban J connectivity index is 1.78. The highest BCUT2D eigenvalue weighted by molar-refractivity contribution is 8.24. The molecule has 116 valence electrons. The van der Waals surface area contributed by atoms with Crippen molar-refractivity contribution in [2.45, 2.75) is 25.3 Å². The van der Waals surface area contributed by atoms with E-state index in [2.05, 4.69) is 14.4 Å². The van der Waals surface area contributed by atoms with Crippen molar-refractivity contribution in [3.8, 4) is 5.75 Å². The normalized spacial score (nSPS) is 25.2. The van der Waals surface area contributed by atoms with Crippen LogP contribution in [0.4, 0.5) is 5.69 Å². The largest absolute Gasteiger partial charge is 0.491 e. The van der Waals surface area contributed by atoms with E-state index in [4.69, 9.17) is 10.5 Å². The molecule has 1 saturated heterocycles. The fraction of sp³-hybridized carbons (Fsp3) is 0.462. The lowest BCUT2D eigenvalue weighted by Gasteiger charge is -2.33. The van der Waals surface area contributed by atoms with Gasteiger partial charge in [0, 0.05) is 6.04 Å². The summed E-state index contributed by atoms with van der Waals surface area (Å²) in [5.41, 5.74) is 6.95. The smallest absolute Gasteiger partial charge is 0.158 e. The first-order valence-electron chi connectivity index (χ1n) is 6.96. The van der Waals surface area contributed by atoms with Gasteiger partial charge < -0.3 is 15.8 Å². The molecule has 2 aliphatic rings. The number of nitrogens with zero attached hydrogens (tertiary/aromatic N) is 1. The lowest BCUT2D eigenvalue weighted by molar-refractivity contribution is 0.239. The molecule has 0 aliphatic carbocycles. The molecule has 21 heavy (non-hydrogen) atoms. The number of hydrogen-bond donors (Lipinski definition) is 5. The average Bonchev–Trinajstić information content (AvgIpc) is 2.44. The van der Waals surface area contributed by atoms with Gasteiger partial charge in [-0.05, 0) is 42.5 Å². The third-order valence-electron chi connectivity index (χ3n) is 3.61. The highest BCUT2D eigenvalue weighted by Crippen LogP contribution is 2.46. The van der Waals surface area contributed by atoms with Gasteiger partial charge in [-0.2, -0.15) is 0 Å². The van der Waals surface area contributed by atoms with E-state index in [9.17, 15) is 9.11 Å². The minimum absolute atomic E-state index is 0.0796. The predicted octanol–water partition coefficient (Wildman–Crippen LogP) is 1.92. The molecule has 1 atom stereocenters. The maximum atomic E-state index is 9.63. The highest BCUT2D eigenvalue weighted by Gasteiger charge is 2.25. The zero-order valence-corrected chi connectivity index (χ0v) is 12.4. The third kappa shape index (κ3) is 3.24. The second kappa shape index (κ2) is 5.72. The Morgan fingerprint density at radius 2 is 2.24 bits per heavy atom. The molecular weight excluding hydrogens is 292 g/mol. The first-order valence-corrected chi connectivity index (χ1v) is 8.46. The van der Waals surface area contributed by atoms with E-state index >= 15 is 0 Å². The summed E-state index contributed by atoms with van der Waals surface area (Å²) in [5.74, 6) is 0.680. The van der Waals surface area contributed by atoms with Gasteiger partial charge in [0.2, 0.25) is 0 Å². The first kappa shape index (κ1) is 14.5. The molecule has 0 amide bonds. The van der Waals surface area contributed by atoms with Crippen LogP contribution in [0.25, 0.3) is 0 Å². The summed E-state index contributed by atoms with van der Waals surface area (Å²) in [6, 6.07) is 5.65. The van der Waals surface area contributed by atoms with E-state index in [0.717, 1.165) is 13.0 Å². The summed E-state index contributed by atoms with van der Waals surface area (Å²) in [4.78, 5) is 0. The van der Waals surface area contributed by atoms with E-state index in [0.29, 0.717) is 29.6 Å². The van der Waals surface area contributed by atoms with Gasteiger partial charge in [0.05, 0.1) is 11.3 Å². The van der Waals surface area contributed by atoms with Crippen molar-refractivity contribution in [3.05, 3.63) is 23.8 Å². The number of ether oxygens (including phenoxy) is 1. The molecule has 0 spiro atoms. The Bertz CT molecular complexity index is 558. The van der Waals surface area contributed by atoms with Crippen LogP contribution in [-0.4, -0.2) is 34.1 Å². The van der Waals surface area contributed by atoms with Crippen molar-refractivity contribution < 1.29 is 13.8 Å². The molecule has 3 rings (SSSR count). The maximum Gasteiger partial charge on any atom is 0.158 e. The third-order valence-corrected chi connectivity index (χ3v) is 4.55. The molecule has 2 aliphatic heterocycles. The summed E-state index contributed by atoms with van der Waals surface area (Å²) in [6.07, 6.45) is 3.51. The predicted molar refractivity (Wildman–Crippen MR) is 84.8 cm³/mol. The molecule has 1 unspecified atom stereocenters. The first-order chi connectivity index (χ1) is 10.1. The molecule has 0 bridgehead atoms. The second-order valence-corrected chi connectivity index (χ2v) is 6.66. The summed E-state index contributed by atoms with van der Waals surface area (Å²) in [6.45, 7) is 1.58. The Hall–Kier alpha value is -1.48. The van der Waals surface area contributed by atoms with Crippen LogP contribution >= 0.6 is 11.0 Å². The minimum atomic E-state index is -3.25. The van der Waals surface area contributed by atoms with Crippen LogP contribution in [0.2, 0.25) is 0 Å². The van der Waals surface area contributed by atoms with Gasteiger partial charge in [-0.3, -0.25) is 13.8 Å². The van der Waals surface area contributed by atoms with Gasteiger partial charge in [-0.25, -0.2) is 0 Å². The molecule has 0 aromatic heterocycles. The quantitative estimate of drug-likeness (QED) is 0.583. The van der Waals surface area contributed by atoms with Crippen molar-refractivity contribution in [1.29, 1.82) is 0 Å². The lowest BCUT2D eigenvalue weighted by Crippen LogP contribution is -2.38. The highest BCUT2D eigenvalue weighted by atomic mass is 32.3. The van der Waals surface area contributed by atoms with Crippen LogP contribution in [0.15, 0.2) is 22.6 Å². The summed E-state index contributed by atoms with van der Waals surface area (Å²) < 4.78 is 31.4. The molecule has 2 heterocycles. The number of benzene rings is 1. The molecule has 6 N–H and O–H groups in total. The number of nitrogens with two attached hydrogens (primary N) is 1. The second-order valence-electron chi connectivity index (χ2n) is 5.23. The fourth-order valence-corrected chi connectivity index (χ4v) is 3.49. The summed E-state index contributed by atoms with van der Waals surface area (Å²) in [7, 11) is -3.25. The van der Waals surface area contributed by atoms with Gasteiger partial charge in [0.15, 0.2) is 5.84 Å². The minimum Gasteiger partial charge on any atom is -0.491 e. The van der Waals surface area contributed by atoms with E-state index < -0.39 is 11.0 Å². The van der Waals surface area contributed by atoms with Crippen LogP contribution < -0.4 is 20.5 Å². The molecule has 1 aromatic carbocycles. The maximum absolute atomic E-state index is 9.63. The van der Waals surface area contributed by atoms with Gasteiger partial charge in [-0.15, -0.1) is 4.40 Å². The van der Waals surface area contributed by atoms with E-state index in [1.54, 1.807) is 12.1 Å². The molecule has 0 saturated carbocycles. The molecule has 8 heteroatoms. The van der Waals surface area contributed by atoms with Crippen molar-refractivity contribution in [2.24, 2.45) is 10.1 Å². The molecule has 1 fully saturated rings. The standard InChI is InChI=1S/C13H20N4O3S/c14-13-12-10(16-21(18,19)17-13)5-3-6-11(12)20-8-9-4-1-2-7-15-9/h3,5-6,9,15-16,18-19H,1-2,4,7-8H2,(H2,14,17). The number of fused-ring (bicyclic) bond motifs is 1. The van der Waals surface area contributed by atoms with Crippen molar-refractivity contribution >= 4 is 22.5 Å². The molecular formula is C13H20N4O3S. The van der Waals surface area contributed by atoms with Gasteiger partial charge in [-0.1, -0.05) is 12.5 Å². The number of hydrogen-bond acceptors (Lipinski definition) is 7. The number of piperidine rings is 1. The lowest BCUT2D eigenvalue weighted by atomic mass is 10.1. The van der Waals surface area contributed by atoms with Gasteiger partial charge >= 0.3 is 0 Å². The Kier molecular flexibility index (Phi) is 3.94. The molecule has 7 nitrogen and oxygen atoms in total. The summed E-state index contributed by atoms with van der Waals surface area (Å²) in [5, 5.41) is 3.42. The number of nitrogens with one attached hydrogen (secondary N) is 2. The zero-order chi connectivity index (χ0) is 14.9. The fourth-order valence-electron chi connectivity index (χ4n) is 2.61. The SMILES string of the molecule is NC1=NS(O)(O)Nc2cccc(OCC3CCCCN3)c21. The van der Waals surface area contributed by atoms with Gasteiger partial charge in [0.1, 0.15) is 12.4 Å². The van der Waals surface area contributed by atoms with E-state index in [1.807, 2.05) is 6.07 Å². The van der Waals surface area contributed by atoms with E-state index in [-0.39, 0.29) is 5.84 Å². The monoisotopic (exact) mass is 312 g/mol. The molecule has 0 radical (unpaired) electrons. The Morgan fingerprint density at radius 1 is 1.38 bits per heavy atom. The topological polar surface area (TPSA) is 112 Å². The number of amidine groups is 1.